The number of hydrogen-bond donors (Lipinski definition) is 2. The minimum Gasteiger partial charge on any atom is -0.444 e. The molecule has 5 heteroatoms. The van der Waals surface area contributed by atoms with Gasteiger partial charge in [0.05, 0.1) is 12.6 Å². The molecule has 1 aliphatic rings. The Morgan fingerprint density at radius 1 is 1.53 bits per heavy atom. The maximum atomic E-state index is 11.4. The first-order valence-corrected chi connectivity index (χ1v) is 5.21. The third-order valence-electron chi connectivity index (χ3n) is 2.10. The quantitative estimate of drug-likeness (QED) is 0.674. The van der Waals surface area contributed by atoms with Crippen molar-refractivity contribution in [1.29, 1.82) is 0 Å². The van der Waals surface area contributed by atoms with E-state index in [4.69, 9.17) is 15.2 Å². The summed E-state index contributed by atoms with van der Waals surface area (Å²) in [6.07, 6.45) is 0.324. The zero-order valence-electron chi connectivity index (χ0n) is 9.58. The third kappa shape index (κ3) is 4.48. The molecule has 0 spiro atoms. The average molecular weight is 216 g/mol. The van der Waals surface area contributed by atoms with Gasteiger partial charge < -0.3 is 20.5 Å². The summed E-state index contributed by atoms with van der Waals surface area (Å²) in [5.41, 5.74) is 5.32. The Labute approximate surface area is 90.3 Å². The van der Waals surface area contributed by atoms with Crippen LogP contribution in [0.4, 0.5) is 4.79 Å². The van der Waals surface area contributed by atoms with Crippen LogP contribution in [0.1, 0.15) is 27.2 Å². The van der Waals surface area contributed by atoms with Gasteiger partial charge in [-0.2, -0.15) is 0 Å². The molecule has 0 unspecified atom stereocenters. The number of hydrogen-bond acceptors (Lipinski definition) is 4. The van der Waals surface area contributed by atoms with Crippen LogP contribution in [0.5, 0.6) is 0 Å². The van der Waals surface area contributed by atoms with Gasteiger partial charge in [-0.1, -0.05) is 0 Å². The summed E-state index contributed by atoms with van der Waals surface area (Å²) in [5, 5.41) is 2.76. The second-order valence-corrected chi connectivity index (χ2v) is 4.78. The Hall–Kier alpha value is -0.810. The Bertz CT molecular complexity index is 225. The van der Waals surface area contributed by atoms with Crippen LogP contribution < -0.4 is 11.1 Å². The smallest absolute Gasteiger partial charge is 0.407 e. The van der Waals surface area contributed by atoms with Crippen molar-refractivity contribution in [3.05, 3.63) is 0 Å². The minimum atomic E-state index is -0.473. The number of rotatable bonds is 1. The highest BCUT2D eigenvalue weighted by Crippen LogP contribution is 2.09. The van der Waals surface area contributed by atoms with Crippen molar-refractivity contribution >= 4 is 6.09 Å². The van der Waals surface area contributed by atoms with E-state index in [1.54, 1.807) is 0 Å². The number of nitrogens with two attached hydrogens (primary N) is 1. The normalized spacial score (nSPS) is 27.2. The largest absolute Gasteiger partial charge is 0.444 e. The van der Waals surface area contributed by atoms with E-state index < -0.39 is 11.7 Å². The SMILES string of the molecule is CC(C)(C)OC(=O)N[C@H]1CCOC[C@H]1N. The molecule has 15 heavy (non-hydrogen) atoms. The Balaban J connectivity index is 2.36. The predicted molar refractivity (Wildman–Crippen MR) is 56.6 cm³/mol. The number of amides is 1. The molecule has 0 aromatic rings. The molecule has 0 bridgehead atoms. The maximum absolute atomic E-state index is 11.4. The van der Waals surface area contributed by atoms with Crippen molar-refractivity contribution < 1.29 is 14.3 Å². The molecule has 0 aromatic carbocycles. The van der Waals surface area contributed by atoms with Gasteiger partial charge in [-0.25, -0.2) is 4.79 Å². The molecule has 1 aliphatic heterocycles. The summed E-state index contributed by atoms with van der Waals surface area (Å²) >= 11 is 0. The van der Waals surface area contributed by atoms with E-state index >= 15 is 0 Å². The van der Waals surface area contributed by atoms with E-state index in [1.807, 2.05) is 20.8 Å². The summed E-state index contributed by atoms with van der Waals surface area (Å²) in [5.74, 6) is 0. The van der Waals surface area contributed by atoms with Gasteiger partial charge in [-0.15, -0.1) is 0 Å². The van der Waals surface area contributed by atoms with Gasteiger partial charge in [0, 0.05) is 12.6 Å². The predicted octanol–water partition coefficient (Wildman–Crippen LogP) is 0.627. The number of alkyl carbamates (subject to hydrolysis) is 1. The topological polar surface area (TPSA) is 73.6 Å². The molecule has 0 aliphatic carbocycles. The van der Waals surface area contributed by atoms with Crippen LogP contribution >= 0.6 is 0 Å². The van der Waals surface area contributed by atoms with E-state index in [1.165, 1.54) is 0 Å². The first-order valence-electron chi connectivity index (χ1n) is 5.21. The lowest BCUT2D eigenvalue weighted by atomic mass is 10.1. The zero-order valence-corrected chi connectivity index (χ0v) is 9.58. The molecule has 0 radical (unpaired) electrons. The van der Waals surface area contributed by atoms with Gasteiger partial charge in [-0.05, 0) is 27.2 Å². The molecule has 1 heterocycles. The molecule has 1 rings (SSSR count). The molecular weight excluding hydrogens is 196 g/mol. The number of nitrogens with one attached hydrogen (secondary N) is 1. The maximum Gasteiger partial charge on any atom is 0.407 e. The second kappa shape index (κ2) is 4.81. The number of ether oxygens (including phenoxy) is 2. The molecule has 1 fully saturated rings. The van der Waals surface area contributed by atoms with Gasteiger partial charge in [0.15, 0.2) is 0 Å². The standard InChI is InChI=1S/C10H20N2O3/c1-10(2,3)15-9(13)12-8-4-5-14-6-7(8)11/h7-8H,4-6,11H2,1-3H3,(H,12,13)/t7-,8+/m1/s1. The van der Waals surface area contributed by atoms with Crippen molar-refractivity contribution in [2.75, 3.05) is 13.2 Å². The van der Waals surface area contributed by atoms with E-state index in [0.29, 0.717) is 13.2 Å². The van der Waals surface area contributed by atoms with Gasteiger partial charge in [0.25, 0.3) is 0 Å². The fourth-order valence-corrected chi connectivity index (χ4v) is 1.40. The first-order chi connectivity index (χ1) is 6.88. The summed E-state index contributed by atoms with van der Waals surface area (Å²) in [7, 11) is 0. The minimum absolute atomic E-state index is 0.0476. The van der Waals surface area contributed by atoms with Crippen LogP contribution in [0.2, 0.25) is 0 Å². The molecule has 0 aromatic heterocycles. The lowest BCUT2D eigenvalue weighted by Gasteiger charge is -2.30. The highest BCUT2D eigenvalue weighted by atomic mass is 16.6. The van der Waals surface area contributed by atoms with Crippen molar-refractivity contribution in [3.8, 4) is 0 Å². The molecule has 3 N–H and O–H groups in total. The van der Waals surface area contributed by atoms with E-state index in [9.17, 15) is 4.79 Å². The van der Waals surface area contributed by atoms with Gasteiger partial charge in [0.1, 0.15) is 5.60 Å². The molecule has 5 nitrogen and oxygen atoms in total. The molecule has 1 amide bonds. The van der Waals surface area contributed by atoms with Gasteiger partial charge in [0.2, 0.25) is 0 Å². The molecule has 1 saturated heterocycles. The zero-order chi connectivity index (χ0) is 11.5. The Kier molecular flexibility index (Phi) is 3.93. The fourth-order valence-electron chi connectivity index (χ4n) is 1.40. The fraction of sp³-hybridized carbons (Fsp3) is 0.900. The van der Waals surface area contributed by atoms with Gasteiger partial charge in [-0.3, -0.25) is 0 Å². The summed E-state index contributed by atoms with van der Waals surface area (Å²) in [6.45, 7) is 6.61. The molecule has 0 saturated carbocycles. The van der Waals surface area contributed by atoms with Crippen LogP contribution in [0.3, 0.4) is 0 Å². The second-order valence-electron chi connectivity index (χ2n) is 4.78. The van der Waals surface area contributed by atoms with Crippen molar-refractivity contribution in [2.45, 2.75) is 44.9 Å². The van der Waals surface area contributed by atoms with E-state index in [2.05, 4.69) is 5.32 Å². The van der Waals surface area contributed by atoms with E-state index in [0.717, 1.165) is 6.42 Å². The highest BCUT2D eigenvalue weighted by Gasteiger charge is 2.26. The number of carbonyl (C=O) groups excluding carboxylic acids is 1. The van der Waals surface area contributed by atoms with Crippen LogP contribution in [0.15, 0.2) is 0 Å². The molecular formula is C10H20N2O3. The first kappa shape index (κ1) is 12.3. The van der Waals surface area contributed by atoms with Crippen molar-refractivity contribution in [2.24, 2.45) is 5.73 Å². The van der Waals surface area contributed by atoms with Crippen molar-refractivity contribution in [1.82, 2.24) is 5.32 Å². The summed E-state index contributed by atoms with van der Waals surface area (Å²) < 4.78 is 10.3. The van der Waals surface area contributed by atoms with Crippen molar-refractivity contribution in [3.63, 3.8) is 0 Å². The summed E-state index contributed by atoms with van der Waals surface area (Å²) in [6, 6.07) is -0.195. The third-order valence-corrected chi connectivity index (χ3v) is 2.10. The Morgan fingerprint density at radius 2 is 2.20 bits per heavy atom. The van der Waals surface area contributed by atoms with Crippen LogP contribution in [0, 0.1) is 0 Å². The lowest BCUT2D eigenvalue weighted by molar-refractivity contribution is 0.0342. The van der Waals surface area contributed by atoms with Gasteiger partial charge >= 0.3 is 6.09 Å². The van der Waals surface area contributed by atoms with Crippen LogP contribution in [0.25, 0.3) is 0 Å². The summed E-state index contributed by atoms with van der Waals surface area (Å²) in [4.78, 5) is 11.4. The molecule has 88 valence electrons. The van der Waals surface area contributed by atoms with Crippen LogP contribution in [-0.4, -0.2) is 37.0 Å². The Morgan fingerprint density at radius 3 is 2.73 bits per heavy atom. The number of carbonyl (C=O) groups is 1. The average Bonchev–Trinajstić information content (AvgIpc) is 2.05. The highest BCUT2D eigenvalue weighted by molar-refractivity contribution is 5.68. The lowest BCUT2D eigenvalue weighted by Crippen LogP contribution is -2.53. The molecule has 2 atom stereocenters. The van der Waals surface area contributed by atoms with E-state index in [-0.39, 0.29) is 12.1 Å². The van der Waals surface area contributed by atoms with Crippen LogP contribution in [-0.2, 0) is 9.47 Å². The monoisotopic (exact) mass is 216 g/mol.